The summed E-state index contributed by atoms with van der Waals surface area (Å²) in [6, 6.07) is 8.34. The quantitative estimate of drug-likeness (QED) is 0.450. The molecule has 0 fully saturated rings. The minimum absolute atomic E-state index is 0.350. The van der Waals surface area contributed by atoms with E-state index < -0.39 is 5.91 Å². The molecule has 0 radical (unpaired) electrons. The number of hydrogen-bond acceptors (Lipinski definition) is 3. The number of carbonyl (C=O) groups is 2. The van der Waals surface area contributed by atoms with E-state index in [0.717, 1.165) is 6.42 Å². The van der Waals surface area contributed by atoms with Crippen LogP contribution in [0.4, 0.5) is 0 Å². The summed E-state index contributed by atoms with van der Waals surface area (Å²) in [6.45, 7) is 4.89. The second-order valence-electron chi connectivity index (χ2n) is 4.44. The maximum Gasteiger partial charge on any atom is 0.286 e. The van der Waals surface area contributed by atoms with Crippen LogP contribution in [0.5, 0.6) is 0 Å². The van der Waals surface area contributed by atoms with Gasteiger partial charge in [-0.05, 0) is 24.1 Å². The predicted octanol–water partition coefficient (Wildman–Crippen LogP) is 2.39. The van der Waals surface area contributed by atoms with E-state index in [-0.39, 0.29) is 0 Å². The Kier molecular flexibility index (Phi) is 5.92. The number of aldehydes is 1. The molecular weight excluding hydrogens is 246 g/mol. The summed E-state index contributed by atoms with van der Waals surface area (Å²) in [5, 5.41) is 0.576. The van der Waals surface area contributed by atoms with Crippen LogP contribution in [-0.4, -0.2) is 35.9 Å². The van der Waals surface area contributed by atoms with Crippen molar-refractivity contribution in [3.63, 3.8) is 0 Å². The molecule has 0 aliphatic carbocycles. The molecule has 98 valence electrons. The standard InChI is InChI=1S/C14H19NO2S/c1-11(2)18-13-6-4-12(5-7-13)8-9-15(3)14(17)10-16/h4-7,10-11H,8-9H2,1-3H3. The Bertz CT molecular complexity index is 401. The van der Waals surface area contributed by atoms with Gasteiger partial charge in [0.1, 0.15) is 0 Å². The van der Waals surface area contributed by atoms with Crippen molar-refractivity contribution in [3.8, 4) is 0 Å². The number of thioether (sulfide) groups is 1. The highest BCUT2D eigenvalue weighted by Crippen LogP contribution is 2.22. The van der Waals surface area contributed by atoms with Crippen molar-refractivity contribution in [2.24, 2.45) is 0 Å². The summed E-state index contributed by atoms with van der Waals surface area (Å²) in [4.78, 5) is 24.1. The van der Waals surface area contributed by atoms with Gasteiger partial charge in [0.05, 0.1) is 0 Å². The van der Waals surface area contributed by atoms with E-state index in [4.69, 9.17) is 0 Å². The van der Waals surface area contributed by atoms with E-state index in [9.17, 15) is 9.59 Å². The van der Waals surface area contributed by atoms with Gasteiger partial charge in [0, 0.05) is 23.7 Å². The van der Waals surface area contributed by atoms with Crippen LogP contribution in [0.25, 0.3) is 0 Å². The van der Waals surface area contributed by atoms with Crippen LogP contribution in [0, 0.1) is 0 Å². The number of likely N-dealkylation sites (N-methyl/N-ethyl adjacent to an activating group) is 1. The molecule has 0 saturated carbocycles. The lowest BCUT2D eigenvalue weighted by Gasteiger charge is -2.13. The lowest BCUT2D eigenvalue weighted by Crippen LogP contribution is -2.29. The molecule has 0 bridgehead atoms. The number of hydrogen-bond donors (Lipinski definition) is 0. The molecular formula is C14H19NO2S. The van der Waals surface area contributed by atoms with Gasteiger partial charge in [0.25, 0.3) is 5.91 Å². The summed E-state index contributed by atoms with van der Waals surface area (Å²) in [5.74, 6) is -0.470. The van der Waals surface area contributed by atoms with E-state index in [1.54, 1.807) is 7.05 Å². The smallest absolute Gasteiger partial charge is 0.286 e. The van der Waals surface area contributed by atoms with E-state index in [0.29, 0.717) is 18.1 Å². The molecule has 1 amide bonds. The zero-order chi connectivity index (χ0) is 13.5. The number of benzene rings is 1. The van der Waals surface area contributed by atoms with Gasteiger partial charge in [-0.2, -0.15) is 0 Å². The normalized spacial score (nSPS) is 10.4. The molecule has 0 saturated heterocycles. The Morgan fingerprint density at radius 1 is 1.33 bits per heavy atom. The van der Waals surface area contributed by atoms with Crippen LogP contribution in [0.2, 0.25) is 0 Å². The van der Waals surface area contributed by atoms with Crippen molar-refractivity contribution in [2.75, 3.05) is 13.6 Å². The molecule has 0 spiro atoms. The first-order valence-electron chi connectivity index (χ1n) is 5.98. The van der Waals surface area contributed by atoms with Crippen LogP contribution < -0.4 is 0 Å². The highest BCUT2D eigenvalue weighted by Gasteiger charge is 2.06. The zero-order valence-electron chi connectivity index (χ0n) is 11.1. The molecule has 0 aliphatic heterocycles. The maximum atomic E-state index is 11.1. The number of nitrogens with zero attached hydrogens (tertiary/aromatic N) is 1. The average Bonchev–Trinajstić information content (AvgIpc) is 2.36. The van der Waals surface area contributed by atoms with Crippen molar-refractivity contribution in [1.29, 1.82) is 0 Å². The molecule has 1 aromatic rings. The number of rotatable bonds is 6. The molecule has 0 N–H and O–H groups in total. The van der Waals surface area contributed by atoms with E-state index in [1.807, 2.05) is 11.8 Å². The topological polar surface area (TPSA) is 37.4 Å². The fourth-order valence-corrected chi connectivity index (χ4v) is 2.34. The average molecular weight is 265 g/mol. The lowest BCUT2D eigenvalue weighted by atomic mass is 10.1. The summed E-state index contributed by atoms with van der Waals surface area (Å²) in [7, 11) is 1.64. The molecule has 18 heavy (non-hydrogen) atoms. The molecule has 0 unspecified atom stereocenters. The van der Waals surface area contributed by atoms with Crippen molar-refractivity contribution in [1.82, 2.24) is 4.90 Å². The molecule has 3 nitrogen and oxygen atoms in total. The van der Waals surface area contributed by atoms with Crippen molar-refractivity contribution in [2.45, 2.75) is 30.4 Å². The monoisotopic (exact) mass is 265 g/mol. The van der Waals surface area contributed by atoms with Crippen LogP contribution in [0.3, 0.4) is 0 Å². The van der Waals surface area contributed by atoms with Gasteiger partial charge in [0.2, 0.25) is 6.29 Å². The minimum Gasteiger partial charge on any atom is -0.339 e. The fraction of sp³-hybridized carbons (Fsp3) is 0.429. The van der Waals surface area contributed by atoms with Crippen LogP contribution >= 0.6 is 11.8 Å². The summed E-state index contributed by atoms with van der Waals surface area (Å²) < 4.78 is 0. The molecule has 0 aliphatic rings. The SMILES string of the molecule is CC(C)Sc1ccc(CCN(C)C(=O)C=O)cc1. The molecule has 0 heterocycles. The van der Waals surface area contributed by atoms with Crippen LogP contribution in [-0.2, 0) is 16.0 Å². The highest BCUT2D eigenvalue weighted by atomic mass is 32.2. The third-order valence-electron chi connectivity index (χ3n) is 2.51. The molecule has 0 aromatic heterocycles. The van der Waals surface area contributed by atoms with Gasteiger partial charge in [0.15, 0.2) is 0 Å². The Morgan fingerprint density at radius 3 is 2.44 bits per heavy atom. The summed E-state index contributed by atoms with van der Waals surface area (Å²) in [6.07, 6.45) is 1.12. The van der Waals surface area contributed by atoms with Gasteiger partial charge >= 0.3 is 0 Å². The Labute approximate surface area is 113 Å². The Morgan fingerprint density at radius 2 is 1.94 bits per heavy atom. The van der Waals surface area contributed by atoms with Gasteiger partial charge in [-0.25, -0.2) is 0 Å². The minimum atomic E-state index is -0.470. The van der Waals surface area contributed by atoms with Gasteiger partial charge in [-0.15, -0.1) is 11.8 Å². The Hall–Kier alpha value is -1.29. The van der Waals surface area contributed by atoms with E-state index >= 15 is 0 Å². The van der Waals surface area contributed by atoms with Gasteiger partial charge < -0.3 is 4.90 Å². The highest BCUT2D eigenvalue weighted by molar-refractivity contribution is 7.99. The fourth-order valence-electron chi connectivity index (χ4n) is 1.50. The number of carbonyl (C=O) groups excluding carboxylic acids is 2. The molecule has 1 aromatic carbocycles. The Balaban J connectivity index is 2.48. The van der Waals surface area contributed by atoms with E-state index in [1.165, 1.54) is 15.4 Å². The molecule has 1 rings (SSSR count). The van der Waals surface area contributed by atoms with Gasteiger partial charge in [-0.1, -0.05) is 26.0 Å². The second-order valence-corrected chi connectivity index (χ2v) is 6.09. The van der Waals surface area contributed by atoms with E-state index in [2.05, 4.69) is 38.1 Å². The van der Waals surface area contributed by atoms with Crippen molar-refractivity contribution >= 4 is 24.0 Å². The van der Waals surface area contributed by atoms with Crippen molar-refractivity contribution < 1.29 is 9.59 Å². The predicted molar refractivity (Wildman–Crippen MR) is 74.8 cm³/mol. The second kappa shape index (κ2) is 7.21. The zero-order valence-corrected chi connectivity index (χ0v) is 11.9. The lowest BCUT2D eigenvalue weighted by molar-refractivity contribution is -0.137. The molecule has 4 heteroatoms. The third kappa shape index (κ3) is 4.92. The van der Waals surface area contributed by atoms with Crippen molar-refractivity contribution in [3.05, 3.63) is 29.8 Å². The summed E-state index contributed by atoms with van der Waals surface area (Å²) >= 11 is 1.83. The molecule has 0 atom stereocenters. The van der Waals surface area contributed by atoms with Crippen LogP contribution in [0.15, 0.2) is 29.2 Å². The first kappa shape index (κ1) is 14.8. The largest absolute Gasteiger partial charge is 0.339 e. The van der Waals surface area contributed by atoms with Gasteiger partial charge in [-0.3, -0.25) is 9.59 Å². The number of amides is 1. The first-order chi connectivity index (χ1) is 8.52. The first-order valence-corrected chi connectivity index (χ1v) is 6.86. The summed E-state index contributed by atoms with van der Waals surface area (Å²) in [5.41, 5.74) is 1.17. The van der Waals surface area contributed by atoms with Crippen LogP contribution in [0.1, 0.15) is 19.4 Å². The maximum absolute atomic E-state index is 11.1. The third-order valence-corrected chi connectivity index (χ3v) is 3.52.